The SMILES string of the molecule is O=C(Cl)CCCCCc1cccc(F)c1. The fourth-order valence-corrected chi connectivity index (χ4v) is 1.60. The van der Waals surface area contributed by atoms with E-state index in [-0.39, 0.29) is 11.1 Å². The normalized spacial score (nSPS) is 10.3. The molecule has 1 aromatic rings. The van der Waals surface area contributed by atoms with E-state index in [1.807, 2.05) is 6.07 Å². The lowest BCUT2D eigenvalue weighted by Crippen LogP contribution is -1.89. The molecule has 0 unspecified atom stereocenters. The minimum Gasteiger partial charge on any atom is -0.281 e. The van der Waals surface area contributed by atoms with E-state index in [1.54, 1.807) is 12.1 Å². The van der Waals surface area contributed by atoms with Gasteiger partial charge in [-0.25, -0.2) is 4.39 Å². The summed E-state index contributed by atoms with van der Waals surface area (Å²) in [4.78, 5) is 10.4. The van der Waals surface area contributed by atoms with E-state index >= 15 is 0 Å². The fourth-order valence-electron chi connectivity index (χ4n) is 1.46. The Morgan fingerprint density at radius 3 is 2.73 bits per heavy atom. The predicted octanol–water partition coefficient (Wildman–Crippen LogP) is 3.69. The molecule has 1 rings (SSSR count). The van der Waals surface area contributed by atoms with Crippen molar-refractivity contribution in [3.63, 3.8) is 0 Å². The average Bonchev–Trinajstić information content (AvgIpc) is 2.17. The quantitative estimate of drug-likeness (QED) is 0.536. The second-order valence-electron chi connectivity index (χ2n) is 3.55. The highest BCUT2D eigenvalue weighted by Gasteiger charge is 1.98. The maximum atomic E-state index is 12.8. The molecule has 0 aliphatic rings. The molecule has 0 amide bonds. The van der Waals surface area contributed by atoms with Crippen molar-refractivity contribution in [2.75, 3.05) is 0 Å². The summed E-state index contributed by atoms with van der Waals surface area (Å²) in [6.07, 6.45) is 4.03. The highest BCUT2D eigenvalue weighted by molar-refractivity contribution is 6.63. The second-order valence-corrected chi connectivity index (χ2v) is 3.97. The standard InChI is InChI=1S/C12H14ClFO/c13-12(15)8-3-1-2-5-10-6-4-7-11(14)9-10/h4,6-7,9H,1-3,5,8H2. The predicted molar refractivity (Wildman–Crippen MR) is 59.4 cm³/mol. The maximum absolute atomic E-state index is 12.8. The third-order valence-electron chi connectivity index (χ3n) is 2.23. The largest absolute Gasteiger partial charge is 0.281 e. The van der Waals surface area contributed by atoms with Crippen LogP contribution in [0.3, 0.4) is 0 Å². The van der Waals surface area contributed by atoms with Crippen LogP contribution in [-0.4, -0.2) is 5.24 Å². The molecular weight excluding hydrogens is 215 g/mol. The number of aryl methyl sites for hydroxylation is 1. The molecule has 0 aromatic heterocycles. The molecular formula is C12H14ClFO. The van der Waals surface area contributed by atoms with Crippen LogP contribution in [0.4, 0.5) is 4.39 Å². The van der Waals surface area contributed by atoms with Gasteiger partial charge in [0.25, 0.3) is 0 Å². The van der Waals surface area contributed by atoms with Gasteiger partial charge in [0.15, 0.2) is 0 Å². The van der Waals surface area contributed by atoms with Crippen molar-refractivity contribution in [3.05, 3.63) is 35.6 Å². The van der Waals surface area contributed by atoms with Crippen LogP contribution in [0.15, 0.2) is 24.3 Å². The zero-order valence-corrected chi connectivity index (χ0v) is 9.27. The number of carbonyl (C=O) groups excluding carboxylic acids is 1. The van der Waals surface area contributed by atoms with Crippen LogP contribution in [0.5, 0.6) is 0 Å². The van der Waals surface area contributed by atoms with Crippen LogP contribution in [0.1, 0.15) is 31.2 Å². The van der Waals surface area contributed by atoms with Crippen molar-refractivity contribution in [2.45, 2.75) is 32.1 Å². The minimum absolute atomic E-state index is 0.191. The van der Waals surface area contributed by atoms with Crippen LogP contribution in [0, 0.1) is 5.82 Å². The molecule has 0 saturated carbocycles. The maximum Gasteiger partial charge on any atom is 0.221 e. The van der Waals surface area contributed by atoms with Crippen molar-refractivity contribution < 1.29 is 9.18 Å². The first-order valence-corrected chi connectivity index (χ1v) is 5.49. The Morgan fingerprint density at radius 2 is 2.07 bits per heavy atom. The summed E-state index contributed by atoms with van der Waals surface area (Å²) >= 11 is 5.21. The summed E-state index contributed by atoms with van der Waals surface area (Å²) in [5.74, 6) is -0.191. The zero-order valence-electron chi connectivity index (χ0n) is 8.51. The Hall–Kier alpha value is -0.890. The van der Waals surface area contributed by atoms with E-state index in [4.69, 9.17) is 11.6 Å². The summed E-state index contributed by atoms with van der Waals surface area (Å²) in [6, 6.07) is 6.62. The van der Waals surface area contributed by atoms with Gasteiger partial charge in [0, 0.05) is 6.42 Å². The van der Waals surface area contributed by atoms with Gasteiger partial charge in [0.1, 0.15) is 5.82 Å². The van der Waals surface area contributed by atoms with E-state index in [0.29, 0.717) is 6.42 Å². The Labute approximate surface area is 94.3 Å². The van der Waals surface area contributed by atoms with Gasteiger partial charge in [0.05, 0.1) is 0 Å². The Balaban J connectivity index is 2.17. The van der Waals surface area contributed by atoms with Crippen molar-refractivity contribution in [1.29, 1.82) is 0 Å². The highest BCUT2D eigenvalue weighted by Crippen LogP contribution is 2.10. The molecule has 82 valence electrons. The van der Waals surface area contributed by atoms with Gasteiger partial charge < -0.3 is 0 Å². The lowest BCUT2D eigenvalue weighted by molar-refractivity contribution is -0.111. The molecule has 0 fully saturated rings. The van der Waals surface area contributed by atoms with Crippen molar-refractivity contribution >= 4 is 16.8 Å². The van der Waals surface area contributed by atoms with E-state index in [1.165, 1.54) is 6.07 Å². The molecule has 0 bridgehead atoms. The lowest BCUT2D eigenvalue weighted by Gasteiger charge is -2.00. The molecule has 0 radical (unpaired) electrons. The van der Waals surface area contributed by atoms with E-state index in [2.05, 4.69) is 0 Å². The molecule has 0 N–H and O–H groups in total. The summed E-state index contributed by atoms with van der Waals surface area (Å²) < 4.78 is 12.8. The average molecular weight is 229 g/mol. The van der Waals surface area contributed by atoms with Crippen molar-refractivity contribution in [2.24, 2.45) is 0 Å². The Bertz CT molecular complexity index is 325. The molecule has 0 spiro atoms. The summed E-state index contributed by atoms with van der Waals surface area (Å²) in [7, 11) is 0. The van der Waals surface area contributed by atoms with Crippen molar-refractivity contribution in [3.8, 4) is 0 Å². The first-order chi connectivity index (χ1) is 7.18. The van der Waals surface area contributed by atoms with Gasteiger partial charge in [-0.05, 0) is 48.6 Å². The fraction of sp³-hybridized carbons (Fsp3) is 0.417. The number of hydrogen-bond donors (Lipinski definition) is 0. The summed E-state index contributed by atoms with van der Waals surface area (Å²) in [6.45, 7) is 0. The van der Waals surface area contributed by atoms with Crippen molar-refractivity contribution in [1.82, 2.24) is 0 Å². The highest BCUT2D eigenvalue weighted by atomic mass is 35.5. The zero-order chi connectivity index (χ0) is 11.1. The monoisotopic (exact) mass is 228 g/mol. The van der Waals surface area contributed by atoms with E-state index < -0.39 is 0 Å². The molecule has 15 heavy (non-hydrogen) atoms. The van der Waals surface area contributed by atoms with Gasteiger partial charge in [-0.1, -0.05) is 18.6 Å². The Morgan fingerprint density at radius 1 is 1.27 bits per heavy atom. The summed E-state index contributed by atoms with van der Waals surface area (Å²) in [5.41, 5.74) is 1.01. The molecule has 0 aliphatic carbocycles. The van der Waals surface area contributed by atoms with Crippen LogP contribution >= 0.6 is 11.6 Å². The Kier molecular flexibility index (Phi) is 5.33. The summed E-state index contributed by atoms with van der Waals surface area (Å²) in [5, 5.41) is -0.277. The topological polar surface area (TPSA) is 17.1 Å². The first kappa shape index (κ1) is 12.2. The molecule has 0 heterocycles. The smallest absolute Gasteiger partial charge is 0.221 e. The molecule has 3 heteroatoms. The van der Waals surface area contributed by atoms with E-state index in [0.717, 1.165) is 31.2 Å². The van der Waals surface area contributed by atoms with Gasteiger partial charge in [-0.3, -0.25) is 4.79 Å². The first-order valence-electron chi connectivity index (χ1n) is 5.11. The number of halogens is 2. The molecule has 1 nitrogen and oxygen atoms in total. The van der Waals surface area contributed by atoms with Crippen LogP contribution in [0.25, 0.3) is 0 Å². The molecule has 0 aliphatic heterocycles. The number of rotatable bonds is 6. The number of hydrogen-bond acceptors (Lipinski definition) is 1. The number of benzene rings is 1. The second kappa shape index (κ2) is 6.57. The lowest BCUT2D eigenvalue weighted by atomic mass is 10.1. The molecule has 1 aromatic carbocycles. The van der Waals surface area contributed by atoms with Gasteiger partial charge >= 0.3 is 0 Å². The van der Waals surface area contributed by atoms with Gasteiger partial charge in [-0.15, -0.1) is 0 Å². The minimum atomic E-state index is -0.277. The van der Waals surface area contributed by atoms with Gasteiger partial charge in [-0.2, -0.15) is 0 Å². The van der Waals surface area contributed by atoms with Crippen LogP contribution in [0.2, 0.25) is 0 Å². The van der Waals surface area contributed by atoms with Crippen LogP contribution in [-0.2, 0) is 11.2 Å². The van der Waals surface area contributed by atoms with E-state index in [9.17, 15) is 9.18 Å². The molecule has 0 saturated heterocycles. The van der Waals surface area contributed by atoms with Gasteiger partial charge in [0.2, 0.25) is 5.24 Å². The number of unbranched alkanes of at least 4 members (excludes halogenated alkanes) is 2. The molecule has 0 atom stereocenters. The van der Waals surface area contributed by atoms with Crippen LogP contribution < -0.4 is 0 Å². The number of carbonyl (C=O) groups is 1. The third-order valence-corrected chi connectivity index (χ3v) is 2.42. The third kappa shape index (κ3) is 5.53.